The van der Waals surface area contributed by atoms with E-state index < -0.39 is 0 Å². The van der Waals surface area contributed by atoms with Gasteiger partial charge in [-0.3, -0.25) is 14.6 Å². The van der Waals surface area contributed by atoms with Crippen molar-refractivity contribution in [3.63, 3.8) is 0 Å². The highest BCUT2D eigenvalue weighted by Crippen LogP contribution is 2.41. The Morgan fingerprint density at radius 3 is 2.43 bits per heavy atom. The summed E-state index contributed by atoms with van der Waals surface area (Å²) in [5.41, 5.74) is 7.50. The van der Waals surface area contributed by atoms with Crippen LogP contribution in [-0.4, -0.2) is 36.1 Å². The van der Waals surface area contributed by atoms with E-state index in [0.717, 1.165) is 0 Å². The predicted molar refractivity (Wildman–Crippen MR) is 109 cm³/mol. The van der Waals surface area contributed by atoms with Gasteiger partial charge in [-0.15, -0.1) is 12.4 Å². The second-order valence-electron chi connectivity index (χ2n) is 6.30. The van der Waals surface area contributed by atoms with Crippen LogP contribution in [-0.2, 0) is 6.54 Å². The third-order valence-electron chi connectivity index (χ3n) is 4.86. The lowest BCUT2D eigenvalue weighted by atomic mass is 10.0. The van der Waals surface area contributed by atoms with Crippen LogP contribution < -0.4 is 20.8 Å². The molecule has 0 bridgehead atoms. The Morgan fingerprint density at radius 2 is 1.79 bits per heavy atom. The minimum atomic E-state index is -0.204. The lowest BCUT2D eigenvalue weighted by Crippen LogP contribution is -2.24. The van der Waals surface area contributed by atoms with Crippen LogP contribution in [0.4, 0.5) is 0 Å². The van der Waals surface area contributed by atoms with E-state index in [1.54, 1.807) is 35.0 Å². The molecule has 3 aromatic rings. The summed E-state index contributed by atoms with van der Waals surface area (Å²) in [6.45, 7) is 0.847. The zero-order valence-corrected chi connectivity index (χ0v) is 16.3. The first-order valence-electron chi connectivity index (χ1n) is 8.65. The van der Waals surface area contributed by atoms with Crippen LogP contribution >= 0.6 is 12.4 Å². The molecule has 0 radical (unpaired) electrons. The number of fused-ring (bicyclic) bond motifs is 5. The summed E-state index contributed by atoms with van der Waals surface area (Å²) in [4.78, 5) is 30.8. The molecule has 0 saturated heterocycles. The quantitative estimate of drug-likeness (QED) is 0.551. The maximum Gasteiger partial charge on any atom is 0.259 e. The highest BCUT2D eigenvalue weighted by Gasteiger charge is 2.34. The second-order valence-corrected chi connectivity index (χ2v) is 6.30. The molecule has 0 aliphatic heterocycles. The Bertz CT molecular complexity index is 1140. The van der Waals surface area contributed by atoms with Crippen LogP contribution in [0.5, 0.6) is 11.5 Å². The van der Waals surface area contributed by atoms with Crippen LogP contribution in [0, 0.1) is 0 Å². The van der Waals surface area contributed by atoms with Gasteiger partial charge in [0.15, 0.2) is 17.3 Å². The molecule has 2 aromatic heterocycles. The van der Waals surface area contributed by atoms with Gasteiger partial charge in [0.1, 0.15) is 0 Å². The van der Waals surface area contributed by atoms with Gasteiger partial charge in [-0.05, 0) is 37.2 Å². The van der Waals surface area contributed by atoms with Gasteiger partial charge in [0.25, 0.3) is 5.56 Å². The molecular formula is C20H20ClN3O4. The summed E-state index contributed by atoms with van der Waals surface area (Å²) in [6.07, 6.45) is 2.24. The van der Waals surface area contributed by atoms with Crippen molar-refractivity contribution in [1.82, 2.24) is 9.55 Å². The number of nitrogens with zero attached hydrogens (tertiary/aromatic N) is 2. The van der Waals surface area contributed by atoms with Gasteiger partial charge in [0.05, 0.1) is 42.1 Å². The summed E-state index contributed by atoms with van der Waals surface area (Å²) in [5, 5.41) is 0.948. The number of aromatic nitrogens is 2. The minimum absolute atomic E-state index is 0. The maximum absolute atomic E-state index is 13.3. The minimum Gasteiger partial charge on any atom is -0.493 e. The SMILES string of the molecule is COc1cc2c3c(n(CCCN)c(=O)c2cc1OC)-c1ncccc1C3=O.Cl. The largest absolute Gasteiger partial charge is 0.493 e. The molecule has 0 spiro atoms. The first-order chi connectivity index (χ1) is 13.1. The summed E-state index contributed by atoms with van der Waals surface area (Å²) in [5.74, 6) is 0.753. The Labute approximate surface area is 167 Å². The molecule has 1 aromatic carbocycles. The van der Waals surface area contributed by atoms with Crippen molar-refractivity contribution in [3.05, 3.63) is 51.9 Å². The number of carbonyl (C=O) groups excluding carboxylic acids is 1. The van der Waals surface area contributed by atoms with Crippen LogP contribution in [0.25, 0.3) is 22.2 Å². The number of pyridine rings is 2. The van der Waals surface area contributed by atoms with Crippen molar-refractivity contribution in [2.75, 3.05) is 20.8 Å². The molecule has 0 fully saturated rings. The standard InChI is InChI=1S/C20H19N3O4.ClH/c1-26-14-9-12-13(10-15(14)27-2)20(25)23(8-4-6-21)18-16(12)19(24)11-5-3-7-22-17(11)18;/h3,5,7,9-10H,4,6,8,21H2,1-2H3;1H. The summed E-state index contributed by atoms with van der Waals surface area (Å²) in [7, 11) is 3.03. The first-order valence-corrected chi connectivity index (χ1v) is 8.65. The number of ketones is 1. The molecule has 0 amide bonds. The fourth-order valence-electron chi connectivity index (χ4n) is 3.62. The van der Waals surface area contributed by atoms with Gasteiger partial charge in [-0.1, -0.05) is 0 Å². The number of ether oxygens (including phenoxy) is 2. The molecule has 28 heavy (non-hydrogen) atoms. The number of hydrogen-bond acceptors (Lipinski definition) is 6. The molecule has 146 valence electrons. The van der Waals surface area contributed by atoms with Crippen molar-refractivity contribution >= 4 is 29.0 Å². The van der Waals surface area contributed by atoms with Crippen LogP contribution in [0.2, 0.25) is 0 Å². The van der Waals surface area contributed by atoms with Gasteiger partial charge in [-0.2, -0.15) is 0 Å². The van der Waals surface area contributed by atoms with Gasteiger partial charge < -0.3 is 19.8 Å². The zero-order chi connectivity index (χ0) is 19.1. The van der Waals surface area contributed by atoms with E-state index >= 15 is 0 Å². The molecule has 0 atom stereocenters. The van der Waals surface area contributed by atoms with E-state index in [0.29, 0.717) is 64.3 Å². The van der Waals surface area contributed by atoms with Crippen LogP contribution in [0.3, 0.4) is 0 Å². The average Bonchev–Trinajstić information content (AvgIpc) is 3.00. The Morgan fingerprint density at radius 1 is 1.11 bits per heavy atom. The first kappa shape index (κ1) is 19.9. The highest BCUT2D eigenvalue weighted by molar-refractivity contribution is 6.26. The number of nitrogens with two attached hydrogens (primary N) is 1. The third kappa shape index (κ3) is 2.75. The van der Waals surface area contributed by atoms with E-state index in [9.17, 15) is 9.59 Å². The second kappa shape index (κ2) is 7.61. The van der Waals surface area contributed by atoms with Crippen molar-refractivity contribution in [1.29, 1.82) is 0 Å². The van der Waals surface area contributed by atoms with Gasteiger partial charge in [-0.25, -0.2) is 0 Å². The van der Waals surface area contributed by atoms with Crippen molar-refractivity contribution in [2.45, 2.75) is 13.0 Å². The molecular weight excluding hydrogens is 382 g/mol. The third-order valence-corrected chi connectivity index (χ3v) is 4.86. The molecule has 0 unspecified atom stereocenters. The number of methoxy groups -OCH3 is 2. The monoisotopic (exact) mass is 401 g/mol. The predicted octanol–water partition coefficient (Wildman–Crippen LogP) is 2.40. The number of benzene rings is 1. The number of halogens is 1. The Hall–Kier alpha value is -2.90. The Balaban J connectivity index is 0.00000225. The highest BCUT2D eigenvalue weighted by atomic mass is 35.5. The average molecular weight is 402 g/mol. The summed E-state index contributed by atoms with van der Waals surface area (Å²) < 4.78 is 12.3. The lowest BCUT2D eigenvalue weighted by Gasteiger charge is -2.16. The topological polar surface area (TPSA) is 96.4 Å². The molecule has 2 N–H and O–H groups in total. The fraction of sp³-hybridized carbons (Fsp3) is 0.250. The van der Waals surface area contributed by atoms with E-state index in [1.807, 2.05) is 0 Å². The van der Waals surface area contributed by atoms with Crippen LogP contribution in [0.1, 0.15) is 22.3 Å². The van der Waals surface area contributed by atoms with Gasteiger partial charge in [0.2, 0.25) is 0 Å². The molecule has 8 heteroatoms. The van der Waals surface area contributed by atoms with Crippen molar-refractivity contribution < 1.29 is 14.3 Å². The summed E-state index contributed by atoms with van der Waals surface area (Å²) >= 11 is 0. The molecule has 2 heterocycles. The van der Waals surface area contributed by atoms with E-state index in [1.165, 1.54) is 14.2 Å². The fourth-order valence-corrected chi connectivity index (χ4v) is 3.62. The van der Waals surface area contributed by atoms with Crippen LogP contribution in [0.15, 0.2) is 35.3 Å². The van der Waals surface area contributed by atoms with Crippen molar-refractivity contribution in [2.24, 2.45) is 5.73 Å². The number of rotatable bonds is 5. The molecule has 1 aliphatic rings. The smallest absolute Gasteiger partial charge is 0.259 e. The molecule has 0 saturated carbocycles. The normalized spacial score (nSPS) is 11.8. The van der Waals surface area contributed by atoms with Crippen molar-refractivity contribution in [3.8, 4) is 22.9 Å². The maximum atomic E-state index is 13.3. The van der Waals surface area contributed by atoms with E-state index in [2.05, 4.69) is 4.98 Å². The number of hydrogen-bond donors (Lipinski definition) is 1. The van der Waals surface area contributed by atoms with E-state index in [-0.39, 0.29) is 23.7 Å². The van der Waals surface area contributed by atoms with Gasteiger partial charge in [0, 0.05) is 18.1 Å². The Kier molecular flexibility index (Phi) is 5.40. The summed E-state index contributed by atoms with van der Waals surface area (Å²) in [6, 6.07) is 6.76. The molecule has 4 rings (SSSR count). The number of carbonyl (C=O) groups is 1. The zero-order valence-electron chi connectivity index (χ0n) is 15.5. The van der Waals surface area contributed by atoms with Gasteiger partial charge >= 0.3 is 0 Å². The molecule has 7 nitrogen and oxygen atoms in total. The van der Waals surface area contributed by atoms with E-state index in [4.69, 9.17) is 15.2 Å². The lowest BCUT2D eigenvalue weighted by molar-refractivity contribution is 0.104. The molecule has 1 aliphatic carbocycles.